The van der Waals surface area contributed by atoms with Gasteiger partial charge in [-0.2, -0.15) is 0 Å². The fourth-order valence-electron chi connectivity index (χ4n) is 4.85. The van der Waals surface area contributed by atoms with Crippen LogP contribution in [-0.2, 0) is 0 Å². The van der Waals surface area contributed by atoms with E-state index in [-0.39, 0.29) is 6.04 Å². The van der Waals surface area contributed by atoms with Crippen LogP contribution < -0.4 is 5.32 Å². The van der Waals surface area contributed by atoms with Crippen molar-refractivity contribution in [3.05, 3.63) is 90.9 Å². The summed E-state index contributed by atoms with van der Waals surface area (Å²) in [6.45, 7) is 5.05. The zero-order valence-corrected chi connectivity index (χ0v) is 19.9. The molecule has 0 amide bonds. The van der Waals surface area contributed by atoms with Crippen LogP contribution in [0.15, 0.2) is 85.3 Å². The molecule has 4 heterocycles. The third kappa shape index (κ3) is 4.48. The third-order valence-corrected chi connectivity index (χ3v) is 6.88. The predicted molar refractivity (Wildman–Crippen MR) is 140 cm³/mol. The molecule has 5 aromatic rings. The molecular weight excluding hydrogens is 434 g/mol. The highest BCUT2D eigenvalue weighted by molar-refractivity contribution is 5.90. The van der Waals surface area contributed by atoms with Gasteiger partial charge in [0, 0.05) is 62.3 Å². The average molecular weight is 464 g/mol. The number of benzene rings is 2. The first kappa shape index (κ1) is 21.7. The maximum atomic E-state index is 5.00. The molecule has 1 aliphatic heterocycles. The Balaban J connectivity index is 1.34. The zero-order chi connectivity index (χ0) is 23.6. The van der Waals surface area contributed by atoms with Crippen LogP contribution in [0.3, 0.4) is 0 Å². The second-order valence-electron chi connectivity index (χ2n) is 9.17. The van der Waals surface area contributed by atoms with Gasteiger partial charge in [-0.15, -0.1) is 0 Å². The minimum Gasteiger partial charge on any atom is -0.368 e. The Kier molecular flexibility index (Phi) is 5.86. The summed E-state index contributed by atoms with van der Waals surface area (Å²) in [5.74, 6) is 1.57. The molecular formula is C28H29N7. The minimum atomic E-state index is 0.268. The van der Waals surface area contributed by atoms with Gasteiger partial charge >= 0.3 is 0 Å². The number of para-hydroxylation sites is 1. The first-order valence-electron chi connectivity index (χ1n) is 12.2. The number of hydrogen-bond acceptors (Lipinski definition) is 6. The van der Waals surface area contributed by atoms with E-state index in [1.165, 1.54) is 5.56 Å². The molecule has 1 atom stereocenters. The van der Waals surface area contributed by atoms with Gasteiger partial charge < -0.3 is 14.6 Å². The fraction of sp³-hybridized carbons (Fsp3) is 0.250. The standard InChI is InChI=1S/C28H29N7/c1-33-15-17-34(18-16-33)25(21-7-3-2-4-8-21)19-30-28-23-9-5-6-10-24(23)31-27(32-28)22-11-12-26-29-13-14-35(26)20-22/h2-14,20,25H,15-19H2,1H3,(H,30,31,32). The number of likely N-dealkylation sites (N-methyl/N-ethyl adjacent to an activating group) is 1. The van der Waals surface area contributed by atoms with Crippen molar-refractivity contribution in [2.45, 2.75) is 6.04 Å². The Labute approximate surface area is 205 Å². The van der Waals surface area contributed by atoms with Crippen LogP contribution >= 0.6 is 0 Å². The highest BCUT2D eigenvalue weighted by Gasteiger charge is 2.24. The summed E-state index contributed by atoms with van der Waals surface area (Å²) >= 11 is 0. The van der Waals surface area contributed by atoms with E-state index in [0.29, 0.717) is 5.82 Å². The molecule has 1 fully saturated rings. The van der Waals surface area contributed by atoms with Crippen molar-refractivity contribution in [3.63, 3.8) is 0 Å². The lowest BCUT2D eigenvalue weighted by molar-refractivity contribution is 0.116. The van der Waals surface area contributed by atoms with Gasteiger partial charge in [-0.1, -0.05) is 42.5 Å². The maximum Gasteiger partial charge on any atom is 0.163 e. The van der Waals surface area contributed by atoms with E-state index >= 15 is 0 Å². The number of nitrogens with zero attached hydrogens (tertiary/aromatic N) is 6. The summed E-state index contributed by atoms with van der Waals surface area (Å²) in [4.78, 5) is 19.2. The van der Waals surface area contributed by atoms with E-state index < -0.39 is 0 Å². The van der Waals surface area contributed by atoms with E-state index in [1.54, 1.807) is 6.20 Å². The molecule has 0 aliphatic carbocycles. The van der Waals surface area contributed by atoms with Crippen LogP contribution in [0.2, 0.25) is 0 Å². The van der Waals surface area contributed by atoms with Gasteiger partial charge in [-0.25, -0.2) is 15.0 Å². The van der Waals surface area contributed by atoms with Gasteiger partial charge in [0.25, 0.3) is 0 Å². The van der Waals surface area contributed by atoms with Crippen LogP contribution in [0, 0.1) is 0 Å². The van der Waals surface area contributed by atoms with Gasteiger partial charge in [0.2, 0.25) is 0 Å². The van der Waals surface area contributed by atoms with Gasteiger partial charge in [-0.3, -0.25) is 4.90 Å². The Morgan fingerprint density at radius 3 is 2.54 bits per heavy atom. The van der Waals surface area contributed by atoms with Crippen LogP contribution in [0.5, 0.6) is 0 Å². The molecule has 1 unspecified atom stereocenters. The molecule has 1 saturated heterocycles. The van der Waals surface area contributed by atoms with Gasteiger partial charge in [0.15, 0.2) is 5.82 Å². The predicted octanol–water partition coefficient (Wildman–Crippen LogP) is 4.35. The third-order valence-electron chi connectivity index (χ3n) is 6.88. The number of nitrogens with one attached hydrogen (secondary N) is 1. The van der Waals surface area contributed by atoms with Crippen molar-refractivity contribution in [2.75, 3.05) is 45.1 Å². The van der Waals surface area contributed by atoms with E-state index in [2.05, 4.69) is 69.6 Å². The number of anilines is 1. The normalized spacial score (nSPS) is 16.0. The number of hydrogen-bond donors (Lipinski definition) is 1. The molecule has 0 radical (unpaired) electrons. The summed E-state index contributed by atoms with van der Waals surface area (Å²) in [6, 6.07) is 23.3. The molecule has 1 aliphatic rings. The van der Waals surface area contributed by atoms with E-state index in [4.69, 9.17) is 9.97 Å². The molecule has 35 heavy (non-hydrogen) atoms. The quantitative estimate of drug-likeness (QED) is 0.404. The Morgan fingerprint density at radius 2 is 1.69 bits per heavy atom. The number of aromatic nitrogens is 4. The lowest BCUT2D eigenvalue weighted by Crippen LogP contribution is -2.47. The molecule has 2 aromatic carbocycles. The zero-order valence-electron chi connectivity index (χ0n) is 19.9. The van der Waals surface area contributed by atoms with Gasteiger partial charge in [-0.05, 0) is 36.9 Å². The highest BCUT2D eigenvalue weighted by Crippen LogP contribution is 2.28. The largest absolute Gasteiger partial charge is 0.368 e. The molecule has 7 nitrogen and oxygen atoms in total. The number of fused-ring (bicyclic) bond motifs is 2. The van der Waals surface area contributed by atoms with Crippen LogP contribution in [0.1, 0.15) is 11.6 Å². The topological polar surface area (TPSA) is 61.6 Å². The summed E-state index contributed by atoms with van der Waals surface area (Å²) in [5, 5.41) is 4.74. The second-order valence-corrected chi connectivity index (χ2v) is 9.17. The molecule has 0 spiro atoms. The number of piperazine rings is 1. The summed E-state index contributed by atoms with van der Waals surface area (Å²) in [6.07, 6.45) is 5.78. The number of imidazole rings is 1. The van der Waals surface area contributed by atoms with Crippen molar-refractivity contribution in [2.24, 2.45) is 0 Å². The first-order chi connectivity index (χ1) is 17.2. The second kappa shape index (κ2) is 9.44. The minimum absolute atomic E-state index is 0.268. The number of pyridine rings is 1. The van der Waals surface area contributed by atoms with Crippen molar-refractivity contribution in [1.82, 2.24) is 29.2 Å². The summed E-state index contributed by atoms with van der Waals surface area (Å²) < 4.78 is 2.00. The van der Waals surface area contributed by atoms with E-state index in [1.807, 2.05) is 41.1 Å². The molecule has 0 bridgehead atoms. The molecule has 0 saturated carbocycles. The van der Waals surface area contributed by atoms with Gasteiger partial charge in [0.1, 0.15) is 11.5 Å². The van der Waals surface area contributed by atoms with Gasteiger partial charge in [0.05, 0.1) is 11.6 Å². The Bertz CT molecular complexity index is 1440. The monoisotopic (exact) mass is 463 g/mol. The molecule has 1 N–H and O–H groups in total. The van der Waals surface area contributed by atoms with Crippen LogP contribution in [-0.4, -0.2) is 68.9 Å². The highest BCUT2D eigenvalue weighted by atomic mass is 15.3. The number of rotatable bonds is 6. The molecule has 6 rings (SSSR count). The first-order valence-corrected chi connectivity index (χ1v) is 12.2. The van der Waals surface area contributed by atoms with Crippen molar-refractivity contribution in [1.29, 1.82) is 0 Å². The van der Waals surface area contributed by atoms with E-state index in [9.17, 15) is 0 Å². The summed E-state index contributed by atoms with van der Waals surface area (Å²) in [5.41, 5.74) is 4.13. The van der Waals surface area contributed by atoms with Crippen molar-refractivity contribution in [3.8, 4) is 11.4 Å². The SMILES string of the molecule is CN1CCN(C(CNc2nc(-c3ccc4nccn4c3)nc3ccccc23)c2ccccc2)CC1. The lowest BCUT2D eigenvalue weighted by atomic mass is 10.0. The Morgan fingerprint density at radius 1 is 0.886 bits per heavy atom. The summed E-state index contributed by atoms with van der Waals surface area (Å²) in [7, 11) is 2.20. The molecule has 176 valence electrons. The fourth-order valence-corrected chi connectivity index (χ4v) is 4.85. The average Bonchev–Trinajstić information content (AvgIpc) is 3.38. The Hall–Kier alpha value is -3.81. The maximum absolute atomic E-state index is 5.00. The van der Waals surface area contributed by atoms with Crippen LogP contribution in [0.25, 0.3) is 27.9 Å². The molecule has 3 aromatic heterocycles. The van der Waals surface area contributed by atoms with E-state index in [0.717, 1.165) is 60.7 Å². The smallest absolute Gasteiger partial charge is 0.163 e. The van der Waals surface area contributed by atoms with Crippen molar-refractivity contribution < 1.29 is 0 Å². The van der Waals surface area contributed by atoms with Crippen LogP contribution in [0.4, 0.5) is 5.82 Å². The lowest BCUT2D eigenvalue weighted by Gasteiger charge is -2.38. The molecule has 7 heteroatoms. The van der Waals surface area contributed by atoms with Crippen molar-refractivity contribution >= 4 is 22.4 Å².